The maximum absolute atomic E-state index is 9.09. The van der Waals surface area contributed by atoms with Crippen LogP contribution in [0.2, 0.25) is 0 Å². The van der Waals surface area contributed by atoms with Crippen molar-refractivity contribution in [3.05, 3.63) is 0 Å². The molecular formula is C10H21N3O. The fourth-order valence-electron chi connectivity index (χ4n) is 2.20. The summed E-state index contributed by atoms with van der Waals surface area (Å²) in [5.41, 5.74) is 5.54. The molecule has 1 rings (SSSR count). The minimum Gasteiger partial charge on any atom is -0.396 e. The molecule has 2 unspecified atom stereocenters. The van der Waals surface area contributed by atoms with Crippen LogP contribution in [0.5, 0.6) is 0 Å². The summed E-state index contributed by atoms with van der Waals surface area (Å²) in [5, 5.41) is 16.6. The standard InChI is InChI=1S/C10H21N3O/c1-2-9(10(11)12)13-5-3-4-8(6-13)7-14/h8-9,14H,2-7H2,1H3,(H3,11,12). The van der Waals surface area contributed by atoms with Crippen LogP contribution in [0.25, 0.3) is 0 Å². The molecule has 0 amide bonds. The summed E-state index contributed by atoms with van der Waals surface area (Å²) < 4.78 is 0. The van der Waals surface area contributed by atoms with Gasteiger partial charge in [-0.3, -0.25) is 10.3 Å². The fraction of sp³-hybridized carbons (Fsp3) is 0.900. The molecule has 4 heteroatoms. The molecule has 2 atom stereocenters. The third-order valence-corrected chi connectivity index (χ3v) is 3.00. The topological polar surface area (TPSA) is 73.3 Å². The Bertz CT molecular complexity index is 196. The zero-order valence-electron chi connectivity index (χ0n) is 8.87. The number of aliphatic hydroxyl groups excluding tert-OH is 1. The number of likely N-dealkylation sites (tertiary alicyclic amines) is 1. The van der Waals surface area contributed by atoms with E-state index >= 15 is 0 Å². The molecule has 0 saturated carbocycles. The van der Waals surface area contributed by atoms with Crippen LogP contribution in [-0.2, 0) is 0 Å². The Kier molecular flexibility index (Phi) is 4.35. The number of hydrogen-bond donors (Lipinski definition) is 3. The fourth-order valence-corrected chi connectivity index (χ4v) is 2.20. The molecule has 0 aliphatic carbocycles. The van der Waals surface area contributed by atoms with Crippen LogP contribution < -0.4 is 5.73 Å². The number of amidine groups is 1. The number of nitrogens with zero attached hydrogens (tertiary/aromatic N) is 1. The van der Waals surface area contributed by atoms with Crippen molar-refractivity contribution in [3.63, 3.8) is 0 Å². The van der Waals surface area contributed by atoms with E-state index in [9.17, 15) is 0 Å². The van der Waals surface area contributed by atoms with Gasteiger partial charge in [0.1, 0.15) is 5.84 Å². The monoisotopic (exact) mass is 199 g/mol. The summed E-state index contributed by atoms with van der Waals surface area (Å²) in [7, 11) is 0. The first-order valence-corrected chi connectivity index (χ1v) is 5.37. The van der Waals surface area contributed by atoms with Gasteiger partial charge < -0.3 is 10.8 Å². The van der Waals surface area contributed by atoms with Gasteiger partial charge in [0, 0.05) is 13.2 Å². The summed E-state index contributed by atoms with van der Waals surface area (Å²) in [4.78, 5) is 2.23. The highest BCUT2D eigenvalue weighted by Crippen LogP contribution is 2.19. The summed E-state index contributed by atoms with van der Waals surface area (Å²) >= 11 is 0. The zero-order valence-corrected chi connectivity index (χ0v) is 8.87. The second-order valence-electron chi connectivity index (χ2n) is 4.07. The Hall–Kier alpha value is -0.610. The van der Waals surface area contributed by atoms with E-state index in [0.29, 0.717) is 5.92 Å². The number of hydrogen-bond acceptors (Lipinski definition) is 3. The van der Waals surface area contributed by atoms with Gasteiger partial charge in [0.05, 0.1) is 6.04 Å². The van der Waals surface area contributed by atoms with Gasteiger partial charge in [-0.05, 0) is 31.7 Å². The first-order valence-electron chi connectivity index (χ1n) is 5.37. The van der Waals surface area contributed by atoms with Crippen molar-refractivity contribution in [2.24, 2.45) is 11.7 Å². The predicted molar refractivity (Wildman–Crippen MR) is 57.4 cm³/mol. The number of piperidine rings is 1. The van der Waals surface area contributed by atoms with Crippen molar-refractivity contribution in [1.29, 1.82) is 5.41 Å². The third kappa shape index (κ3) is 2.69. The van der Waals surface area contributed by atoms with Crippen LogP contribution in [0.3, 0.4) is 0 Å². The average molecular weight is 199 g/mol. The number of nitrogens with one attached hydrogen (secondary N) is 1. The lowest BCUT2D eigenvalue weighted by Crippen LogP contribution is -2.49. The minimum atomic E-state index is 0.0735. The lowest BCUT2D eigenvalue weighted by Gasteiger charge is -2.36. The van der Waals surface area contributed by atoms with Crippen LogP contribution >= 0.6 is 0 Å². The van der Waals surface area contributed by atoms with Crippen molar-refractivity contribution in [1.82, 2.24) is 4.90 Å². The zero-order chi connectivity index (χ0) is 10.6. The molecule has 0 spiro atoms. The molecule has 1 saturated heterocycles. The Labute approximate surface area is 85.6 Å². The Morgan fingerprint density at radius 1 is 1.71 bits per heavy atom. The maximum Gasteiger partial charge on any atom is 0.108 e. The van der Waals surface area contributed by atoms with Gasteiger partial charge in [-0.25, -0.2) is 0 Å². The van der Waals surface area contributed by atoms with E-state index in [-0.39, 0.29) is 18.5 Å². The maximum atomic E-state index is 9.09. The molecule has 1 aliphatic rings. The molecule has 0 bridgehead atoms. The van der Waals surface area contributed by atoms with E-state index in [2.05, 4.69) is 11.8 Å². The van der Waals surface area contributed by atoms with Crippen LogP contribution in [0.1, 0.15) is 26.2 Å². The predicted octanol–water partition coefficient (Wildman–Crippen LogP) is 0.405. The lowest BCUT2D eigenvalue weighted by molar-refractivity contribution is 0.106. The number of rotatable bonds is 4. The van der Waals surface area contributed by atoms with Gasteiger partial charge in [0.15, 0.2) is 0 Å². The van der Waals surface area contributed by atoms with Crippen LogP contribution in [0.15, 0.2) is 0 Å². The van der Waals surface area contributed by atoms with Crippen LogP contribution in [0.4, 0.5) is 0 Å². The van der Waals surface area contributed by atoms with Gasteiger partial charge >= 0.3 is 0 Å². The Morgan fingerprint density at radius 2 is 2.43 bits per heavy atom. The van der Waals surface area contributed by atoms with Gasteiger partial charge in [-0.1, -0.05) is 6.92 Å². The van der Waals surface area contributed by atoms with E-state index < -0.39 is 0 Å². The average Bonchev–Trinajstić information content (AvgIpc) is 2.19. The Morgan fingerprint density at radius 3 is 2.93 bits per heavy atom. The minimum absolute atomic E-state index is 0.0735. The molecule has 4 nitrogen and oxygen atoms in total. The molecular weight excluding hydrogens is 178 g/mol. The van der Waals surface area contributed by atoms with Crippen molar-refractivity contribution >= 4 is 5.84 Å². The molecule has 14 heavy (non-hydrogen) atoms. The van der Waals surface area contributed by atoms with E-state index in [0.717, 1.165) is 32.4 Å². The lowest BCUT2D eigenvalue weighted by atomic mass is 9.97. The molecule has 1 heterocycles. The molecule has 0 aromatic heterocycles. The first-order chi connectivity index (χ1) is 6.69. The first kappa shape index (κ1) is 11.5. The molecule has 82 valence electrons. The van der Waals surface area contributed by atoms with E-state index in [1.807, 2.05) is 0 Å². The summed E-state index contributed by atoms with van der Waals surface area (Å²) in [6.07, 6.45) is 3.09. The van der Waals surface area contributed by atoms with Crippen LogP contribution in [0, 0.1) is 11.3 Å². The quantitative estimate of drug-likeness (QED) is 0.453. The van der Waals surface area contributed by atoms with Crippen molar-refractivity contribution < 1.29 is 5.11 Å². The van der Waals surface area contributed by atoms with Crippen molar-refractivity contribution in [2.75, 3.05) is 19.7 Å². The second kappa shape index (κ2) is 5.32. The third-order valence-electron chi connectivity index (χ3n) is 3.00. The van der Waals surface area contributed by atoms with Gasteiger partial charge in [0.25, 0.3) is 0 Å². The van der Waals surface area contributed by atoms with Gasteiger partial charge in [-0.15, -0.1) is 0 Å². The highest BCUT2D eigenvalue weighted by molar-refractivity contribution is 5.82. The molecule has 0 radical (unpaired) electrons. The van der Waals surface area contributed by atoms with E-state index in [4.69, 9.17) is 16.2 Å². The Balaban J connectivity index is 2.53. The summed E-state index contributed by atoms with van der Waals surface area (Å²) in [5.74, 6) is 0.628. The second-order valence-corrected chi connectivity index (χ2v) is 4.07. The SMILES string of the molecule is CCC(C(=N)N)N1CCCC(CO)C1. The van der Waals surface area contributed by atoms with Gasteiger partial charge in [0.2, 0.25) is 0 Å². The van der Waals surface area contributed by atoms with Crippen molar-refractivity contribution in [2.45, 2.75) is 32.2 Å². The molecule has 4 N–H and O–H groups in total. The smallest absolute Gasteiger partial charge is 0.108 e. The van der Waals surface area contributed by atoms with Gasteiger partial charge in [-0.2, -0.15) is 0 Å². The summed E-state index contributed by atoms with van der Waals surface area (Å²) in [6, 6.07) is 0.0735. The molecule has 1 aliphatic heterocycles. The highest BCUT2D eigenvalue weighted by Gasteiger charge is 2.25. The number of nitrogens with two attached hydrogens (primary N) is 1. The molecule has 1 fully saturated rings. The molecule has 0 aromatic rings. The number of aliphatic hydroxyl groups is 1. The van der Waals surface area contributed by atoms with Crippen molar-refractivity contribution in [3.8, 4) is 0 Å². The van der Waals surface area contributed by atoms with E-state index in [1.165, 1.54) is 0 Å². The highest BCUT2D eigenvalue weighted by atomic mass is 16.3. The van der Waals surface area contributed by atoms with E-state index in [1.54, 1.807) is 0 Å². The molecule has 0 aromatic carbocycles. The largest absolute Gasteiger partial charge is 0.396 e. The summed E-state index contributed by atoms with van der Waals surface area (Å²) in [6.45, 7) is 4.20. The normalized spacial score (nSPS) is 26.0. The van der Waals surface area contributed by atoms with Crippen LogP contribution in [-0.4, -0.2) is 41.6 Å².